The first kappa shape index (κ1) is 16.3. The van der Waals surface area contributed by atoms with Gasteiger partial charge in [0.15, 0.2) is 0 Å². The zero-order valence-corrected chi connectivity index (χ0v) is 13.8. The summed E-state index contributed by atoms with van der Waals surface area (Å²) in [5.41, 5.74) is 2.53. The fourth-order valence-corrected chi connectivity index (χ4v) is 2.99. The second-order valence-electron chi connectivity index (χ2n) is 5.24. The van der Waals surface area contributed by atoms with Crippen LogP contribution in [0.5, 0.6) is 0 Å². The van der Waals surface area contributed by atoms with E-state index >= 15 is 0 Å². The highest BCUT2D eigenvalue weighted by Gasteiger charge is 2.20. The van der Waals surface area contributed by atoms with E-state index in [2.05, 4.69) is 10.3 Å². The van der Waals surface area contributed by atoms with E-state index in [1.807, 2.05) is 13.8 Å². The van der Waals surface area contributed by atoms with Gasteiger partial charge in [-0.1, -0.05) is 0 Å². The Morgan fingerprint density at radius 3 is 2.45 bits per heavy atom. The van der Waals surface area contributed by atoms with Crippen LogP contribution in [0.2, 0.25) is 0 Å². The minimum Gasteiger partial charge on any atom is -0.357 e. The molecule has 2 N–H and O–H groups in total. The highest BCUT2D eigenvalue weighted by Crippen LogP contribution is 2.25. The minimum absolute atomic E-state index is 0.155. The van der Waals surface area contributed by atoms with Crippen LogP contribution in [0.3, 0.4) is 0 Å². The van der Waals surface area contributed by atoms with Crippen LogP contribution in [0, 0.1) is 13.8 Å². The summed E-state index contributed by atoms with van der Waals surface area (Å²) in [4.78, 5) is 15.1. The van der Waals surface area contributed by atoms with E-state index < -0.39 is 10.0 Å². The van der Waals surface area contributed by atoms with Crippen molar-refractivity contribution in [2.75, 3.05) is 19.4 Å². The Morgan fingerprint density at radius 1 is 1.23 bits per heavy atom. The maximum absolute atomic E-state index is 12.3. The molecule has 6 nitrogen and oxygen atoms in total. The topological polar surface area (TPSA) is 82.3 Å². The number of carbonyl (C=O) groups excluding carboxylic acids is 1. The predicted molar refractivity (Wildman–Crippen MR) is 85.5 cm³/mol. The summed E-state index contributed by atoms with van der Waals surface area (Å²) in [7, 11) is -0.606. The maximum atomic E-state index is 12.3. The number of aryl methyl sites for hydroxylation is 1. The number of rotatable bonds is 4. The number of hydrogen-bond donors (Lipinski definition) is 2. The Morgan fingerprint density at radius 2 is 1.91 bits per heavy atom. The smallest absolute Gasteiger partial charge is 0.272 e. The number of nitrogens with one attached hydrogen (secondary N) is 2. The highest BCUT2D eigenvalue weighted by molar-refractivity contribution is 7.89. The molecule has 1 heterocycles. The lowest BCUT2D eigenvalue weighted by Crippen LogP contribution is -2.23. The first-order valence-electron chi connectivity index (χ1n) is 6.72. The fraction of sp³-hybridized carbons (Fsp3) is 0.267. The van der Waals surface area contributed by atoms with Gasteiger partial charge in [-0.2, -0.15) is 0 Å². The molecule has 0 saturated carbocycles. The van der Waals surface area contributed by atoms with Crippen LogP contribution in [0.4, 0.5) is 5.69 Å². The molecule has 0 spiro atoms. The van der Waals surface area contributed by atoms with Gasteiger partial charge < -0.3 is 10.3 Å². The summed E-state index contributed by atoms with van der Waals surface area (Å²) < 4.78 is 25.7. The molecular weight excluding hydrogens is 302 g/mol. The molecule has 0 aliphatic heterocycles. The summed E-state index contributed by atoms with van der Waals surface area (Å²) in [5, 5.41) is 2.75. The van der Waals surface area contributed by atoms with Crippen LogP contribution in [-0.4, -0.2) is 37.7 Å². The normalized spacial score (nSPS) is 11.7. The molecule has 0 saturated heterocycles. The van der Waals surface area contributed by atoms with Crippen molar-refractivity contribution in [3.05, 3.63) is 47.3 Å². The van der Waals surface area contributed by atoms with Gasteiger partial charge >= 0.3 is 0 Å². The molecule has 1 aromatic heterocycles. The van der Waals surface area contributed by atoms with Crippen molar-refractivity contribution in [3.63, 3.8) is 0 Å². The lowest BCUT2D eigenvalue weighted by molar-refractivity contribution is 0.102. The van der Waals surface area contributed by atoms with Gasteiger partial charge in [-0.15, -0.1) is 0 Å². The van der Waals surface area contributed by atoms with Crippen LogP contribution in [0.1, 0.15) is 21.6 Å². The van der Waals surface area contributed by atoms with E-state index in [0.29, 0.717) is 11.4 Å². The lowest BCUT2D eigenvalue weighted by Gasteiger charge is -2.16. The summed E-state index contributed by atoms with van der Waals surface area (Å²) in [6.07, 6.45) is 1.65. The standard InChI is InChI=1S/C15H19N3O3S/c1-10-8-12(22(20,21)18(3)4)9-14(11(10)2)17-15(19)13-6-5-7-16-13/h5-9,16H,1-4H3,(H,17,19). The Balaban J connectivity index is 2.44. The Labute approximate surface area is 130 Å². The van der Waals surface area contributed by atoms with E-state index in [1.54, 1.807) is 24.4 Å². The number of H-pyrrole nitrogens is 1. The van der Waals surface area contributed by atoms with Gasteiger partial charge in [0.1, 0.15) is 5.69 Å². The minimum atomic E-state index is -3.55. The SMILES string of the molecule is Cc1cc(S(=O)(=O)N(C)C)cc(NC(=O)c2ccc[nH]2)c1C. The molecule has 118 valence electrons. The van der Waals surface area contributed by atoms with Crippen molar-refractivity contribution >= 4 is 21.6 Å². The van der Waals surface area contributed by atoms with E-state index in [0.717, 1.165) is 15.4 Å². The molecule has 1 amide bonds. The number of nitrogens with zero attached hydrogens (tertiary/aromatic N) is 1. The number of amides is 1. The zero-order valence-electron chi connectivity index (χ0n) is 13.0. The second kappa shape index (κ2) is 5.94. The number of carbonyl (C=O) groups is 1. The van der Waals surface area contributed by atoms with Gasteiger partial charge in [0, 0.05) is 26.0 Å². The third-order valence-corrected chi connectivity index (χ3v) is 5.30. The average Bonchev–Trinajstić information content (AvgIpc) is 2.97. The molecule has 0 radical (unpaired) electrons. The van der Waals surface area contributed by atoms with Crippen molar-refractivity contribution in [2.45, 2.75) is 18.7 Å². The second-order valence-corrected chi connectivity index (χ2v) is 7.39. The molecular formula is C15H19N3O3S. The van der Waals surface area contributed by atoms with Crippen molar-refractivity contribution in [2.24, 2.45) is 0 Å². The van der Waals surface area contributed by atoms with Crippen molar-refractivity contribution in [1.29, 1.82) is 0 Å². The number of anilines is 1. The number of aromatic amines is 1. The molecule has 1 aromatic carbocycles. The van der Waals surface area contributed by atoms with Gasteiger partial charge in [-0.3, -0.25) is 4.79 Å². The molecule has 0 aliphatic carbocycles. The highest BCUT2D eigenvalue weighted by atomic mass is 32.2. The predicted octanol–water partition coefficient (Wildman–Crippen LogP) is 2.13. The van der Waals surface area contributed by atoms with Gasteiger partial charge in [-0.25, -0.2) is 12.7 Å². The molecule has 0 atom stereocenters. The van der Waals surface area contributed by atoms with Crippen LogP contribution < -0.4 is 5.32 Å². The number of benzene rings is 1. The molecule has 2 aromatic rings. The number of sulfonamides is 1. The summed E-state index contributed by atoms with van der Waals surface area (Å²) in [5.74, 6) is -0.313. The van der Waals surface area contributed by atoms with E-state index in [-0.39, 0.29) is 10.8 Å². The van der Waals surface area contributed by atoms with Crippen molar-refractivity contribution in [3.8, 4) is 0 Å². The number of aromatic nitrogens is 1. The molecule has 22 heavy (non-hydrogen) atoms. The van der Waals surface area contributed by atoms with Crippen molar-refractivity contribution < 1.29 is 13.2 Å². The zero-order chi connectivity index (χ0) is 16.5. The van der Waals surface area contributed by atoms with E-state index in [1.165, 1.54) is 20.2 Å². The van der Waals surface area contributed by atoms with Gasteiger partial charge in [0.05, 0.1) is 4.90 Å². The lowest BCUT2D eigenvalue weighted by atomic mass is 10.1. The fourth-order valence-electron chi connectivity index (χ4n) is 1.98. The molecule has 0 bridgehead atoms. The number of hydrogen-bond acceptors (Lipinski definition) is 3. The first-order chi connectivity index (χ1) is 10.2. The quantitative estimate of drug-likeness (QED) is 0.905. The monoisotopic (exact) mass is 321 g/mol. The van der Waals surface area contributed by atoms with Crippen LogP contribution in [0.25, 0.3) is 0 Å². The van der Waals surface area contributed by atoms with Crippen molar-refractivity contribution in [1.82, 2.24) is 9.29 Å². The first-order valence-corrected chi connectivity index (χ1v) is 8.16. The largest absolute Gasteiger partial charge is 0.357 e. The third kappa shape index (κ3) is 3.05. The maximum Gasteiger partial charge on any atom is 0.272 e. The molecule has 0 aliphatic rings. The van der Waals surface area contributed by atoms with Crippen LogP contribution >= 0.6 is 0 Å². The van der Waals surface area contributed by atoms with Crippen LogP contribution in [0.15, 0.2) is 35.4 Å². The van der Waals surface area contributed by atoms with E-state index in [9.17, 15) is 13.2 Å². The van der Waals surface area contributed by atoms with Crippen LogP contribution in [-0.2, 0) is 10.0 Å². The van der Waals surface area contributed by atoms with E-state index in [4.69, 9.17) is 0 Å². The summed E-state index contributed by atoms with van der Waals surface area (Å²) in [6.45, 7) is 3.65. The Kier molecular flexibility index (Phi) is 4.39. The Bertz CT molecular complexity index is 794. The summed E-state index contributed by atoms with van der Waals surface area (Å²) >= 11 is 0. The molecule has 2 rings (SSSR count). The summed E-state index contributed by atoms with van der Waals surface area (Å²) in [6, 6.07) is 6.46. The average molecular weight is 321 g/mol. The molecule has 0 unspecified atom stereocenters. The third-order valence-electron chi connectivity index (χ3n) is 3.51. The van der Waals surface area contributed by atoms with Gasteiger partial charge in [0.2, 0.25) is 10.0 Å². The Hall–Kier alpha value is -2.12. The molecule has 7 heteroatoms. The molecule has 0 fully saturated rings. The van der Waals surface area contributed by atoms with Gasteiger partial charge in [-0.05, 0) is 49.2 Å². The van der Waals surface area contributed by atoms with Gasteiger partial charge in [0.25, 0.3) is 5.91 Å².